The average Bonchev–Trinajstić information content (AvgIpc) is 3.29. The number of nitrogens with zero attached hydrogens (tertiary/aromatic N) is 4. The standard InChI is InChI=1S/C25H20Cl2FN5O2S/c1-2-35-19-12-10-18(11-13-19)33-24(16-6-8-17(26)9-7-16)31-32-25(33)36-15-23(34)30-29-14-20-21(27)4-3-5-22(20)28/h3-14H,2,15H2,1H3,(H,30,34). The number of carbonyl (C=O) groups is 1. The van der Waals surface area contributed by atoms with Crippen LogP contribution in [0.1, 0.15) is 12.5 Å². The monoisotopic (exact) mass is 543 g/mol. The van der Waals surface area contributed by atoms with Gasteiger partial charge in [0.05, 0.1) is 23.6 Å². The highest BCUT2D eigenvalue weighted by atomic mass is 35.5. The van der Waals surface area contributed by atoms with Crippen molar-refractivity contribution in [2.45, 2.75) is 12.1 Å². The van der Waals surface area contributed by atoms with Crippen LogP contribution in [-0.2, 0) is 4.79 Å². The van der Waals surface area contributed by atoms with Crippen molar-refractivity contribution in [2.24, 2.45) is 5.10 Å². The molecule has 0 bridgehead atoms. The summed E-state index contributed by atoms with van der Waals surface area (Å²) in [5, 5.41) is 13.8. The number of amides is 1. The molecule has 0 unspecified atom stereocenters. The van der Waals surface area contributed by atoms with Gasteiger partial charge in [0.25, 0.3) is 5.91 Å². The van der Waals surface area contributed by atoms with Gasteiger partial charge in [-0.15, -0.1) is 10.2 Å². The normalized spacial score (nSPS) is 11.1. The second-order valence-electron chi connectivity index (χ2n) is 7.29. The van der Waals surface area contributed by atoms with Gasteiger partial charge in [-0.25, -0.2) is 9.82 Å². The maximum Gasteiger partial charge on any atom is 0.250 e. The van der Waals surface area contributed by atoms with Crippen LogP contribution in [0.2, 0.25) is 10.0 Å². The maximum atomic E-state index is 13.9. The van der Waals surface area contributed by atoms with E-state index >= 15 is 0 Å². The van der Waals surface area contributed by atoms with Gasteiger partial charge in [0.1, 0.15) is 11.6 Å². The van der Waals surface area contributed by atoms with E-state index in [1.807, 2.05) is 47.9 Å². The SMILES string of the molecule is CCOc1ccc(-n2c(SCC(=O)NN=Cc3c(F)cccc3Cl)nnc2-c2ccc(Cl)cc2)cc1. The number of benzene rings is 3. The Morgan fingerprint density at radius 3 is 2.56 bits per heavy atom. The molecule has 0 spiro atoms. The summed E-state index contributed by atoms with van der Waals surface area (Å²) in [7, 11) is 0. The van der Waals surface area contributed by atoms with E-state index in [1.165, 1.54) is 36.2 Å². The molecule has 0 saturated heterocycles. The van der Waals surface area contributed by atoms with Crippen LogP contribution in [0.25, 0.3) is 17.1 Å². The van der Waals surface area contributed by atoms with Crippen molar-refractivity contribution in [3.8, 4) is 22.8 Å². The van der Waals surface area contributed by atoms with Crippen LogP contribution in [0.3, 0.4) is 0 Å². The van der Waals surface area contributed by atoms with E-state index in [0.717, 1.165) is 17.0 Å². The lowest BCUT2D eigenvalue weighted by Crippen LogP contribution is -2.20. The first kappa shape index (κ1) is 25.7. The lowest BCUT2D eigenvalue weighted by Gasteiger charge is -2.11. The molecule has 0 aliphatic heterocycles. The summed E-state index contributed by atoms with van der Waals surface area (Å²) in [6.45, 7) is 2.48. The van der Waals surface area contributed by atoms with E-state index in [-0.39, 0.29) is 16.3 Å². The molecule has 4 rings (SSSR count). The van der Waals surface area contributed by atoms with Crippen LogP contribution in [0.4, 0.5) is 4.39 Å². The second-order valence-corrected chi connectivity index (χ2v) is 9.08. The minimum Gasteiger partial charge on any atom is -0.494 e. The molecule has 184 valence electrons. The Morgan fingerprint density at radius 2 is 1.86 bits per heavy atom. The molecule has 0 radical (unpaired) electrons. The van der Waals surface area contributed by atoms with E-state index in [2.05, 4.69) is 20.7 Å². The molecule has 1 N–H and O–H groups in total. The zero-order valence-corrected chi connectivity index (χ0v) is 21.3. The molecule has 1 amide bonds. The van der Waals surface area contributed by atoms with Gasteiger partial charge in [-0.1, -0.05) is 41.0 Å². The fourth-order valence-electron chi connectivity index (χ4n) is 3.21. The summed E-state index contributed by atoms with van der Waals surface area (Å²) in [4.78, 5) is 12.4. The Bertz CT molecular complexity index is 1360. The molecule has 0 fully saturated rings. The van der Waals surface area contributed by atoms with Crippen molar-refractivity contribution < 1.29 is 13.9 Å². The highest BCUT2D eigenvalue weighted by Crippen LogP contribution is 2.29. The predicted octanol–water partition coefficient (Wildman–Crippen LogP) is 6.02. The molecule has 0 saturated carbocycles. The number of halogens is 3. The molecule has 1 heterocycles. The fraction of sp³-hybridized carbons (Fsp3) is 0.120. The second kappa shape index (κ2) is 12.0. The smallest absolute Gasteiger partial charge is 0.250 e. The van der Waals surface area contributed by atoms with Crippen LogP contribution in [-0.4, -0.2) is 39.2 Å². The molecule has 11 heteroatoms. The van der Waals surface area contributed by atoms with Crippen LogP contribution < -0.4 is 10.2 Å². The summed E-state index contributed by atoms with van der Waals surface area (Å²) < 4.78 is 21.2. The van der Waals surface area contributed by atoms with Gasteiger partial charge < -0.3 is 4.74 Å². The van der Waals surface area contributed by atoms with Gasteiger partial charge in [-0.2, -0.15) is 5.10 Å². The number of nitrogens with one attached hydrogen (secondary N) is 1. The molecule has 0 atom stereocenters. The third-order valence-electron chi connectivity index (χ3n) is 4.86. The first-order valence-corrected chi connectivity index (χ1v) is 12.5. The van der Waals surface area contributed by atoms with Gasteiger partial charge in [0, 0.05) is 21.8 Å². The van der Waals surface area contributed by atoms with Crippen molar-refractivity contribution >= 4 is 47.1 Å². The van der Waals surface area contributed by atoms with E-state index in [9.17, 15) is 9.18 Å². The maximum absolute atomic E-state index is 13.9. The molecular formula is C25H20Cl2FN5O2S. The summed E-state index contributed by atoms with van der Waals surface area (Å²) in [5.74, 6) is 0.388. The lowest BCUT2D eigenvalue weighted by atomic mass is 10.2. The summed E-state index contributed by atoms with van der Waals surface area (Å²) in [5.41, 5.74) is 4.07. The zero-order chi connectivity index (χ0) is 25.5. The minimum atomic E-state index is -0.534. The first-order chi connectivity index (χ1) is 17.5. The van der Waals surface area contributed by atoms with Crippen molar-refractivity contribution in [3.63, 3.8) is 0 Å². The number of aromatic nitrogens is 3. The van der Waals surface area contributed by atoms with Crippen LogP contribution in [0, 0.1) is 5.82 Å². The molecule has 4 aromatic rings. The third-order valence-corrected chi connectivity index (χ3v) is 6.37. The van der Waals surface area contributed by atoms with E-state index in [1.54, 1.807) is 12.1 Å². The van der Waals surface area contributed by atoms with Crippen molar-refractivity contribution in [2.75, 3.05) is 12.4 Å². The molecule has 0 aliphatic carbocycles. The average molecular weight is 544 g/mol. The largest absolute Gasteiger partial charge is 0.494 e. The van der Waals surface area contributed by atoms with Crippen molar-refractivity contribution in [1.82, 2.24) is 20.2 Å². The molecule has 3 aromatic carbocycles. The lowest BCUT2D eigenvalue weighted by molar-refractivity contribution is -0.118. The molecule has 36 heavy (non-hydrogen) atoms. The molecule has 1 aromatic heterocycles. The van der Waals surface area contributed by atoms with Gasteiger partial charge in [0.15, 0.2) is 11.0 Å². The van der Waals surface area contributed by atoms with E-state index in [0.29, 0.717) is 22.6 Å². The Morgan fingerprint density at radius 1 is 1.11 bits per heavy atom. The van der Waals surface area contributed by atoms with Gasteiger partial charge in [0.2, 0.25) is 0 Å². The highest BCUT2D eigenvalue weighted by molar-refractivity contribution is 7.99. The predicted molar refractivity (Wildman–Crippen MR) is 141 cm³/mol. The Kier molecular flexibility index (Phi) is 8.58. The highest BCUT2D eigenvalue weighted by Gasteiger charge is 2.17. The number of thioether (sulfide) groups is 1. The number of hydrogen-bond acceptors (Lipinski definition) is 6. The fourth-order valence-corrected chi connectivity index (χ4v) is 4.29. The number of hydrogen-bond donors (Lipinski definition) is 1. The Labute approximate surface area is 221 Å². The van der Waals surface area contributed by atoms with Crippen molar-refractivity contribution in [1.29, 1.82) is 0 Å². The van der Waals surface area contributed by atoms with E-state index < -0.39 is 11.7 Å². The first-order valence-electron chi connectivity index (χ1n) is 10.8. The number of ether oxygens (including phenoxy) is 1. The number of carbonyl (C=O) groups excluding carboxylic acids is 1. The summed E-state index contributed by atoms with van der Waals surface area (Å²) in [6.07, 6.45) is 1.17. The number of rotatable bonds is 9. The van der Waals surface area contributed by atoms with Gasteiger partial charge in [-0.05, 0) is 67.6 Å². The summed E-state index contributed by atoms with van der Waals surface area (Å²) >= 11 is 13.2. The quantitative estimate of drug-likeness (QED) is 0.158. The van der Waals surface area contributed by atoms with Crippen LogP contribution >= 0.6 is 35.0 Å². The van der Waals surface area contributed by atoms with Gasteiger partial charge >= 0.3 is 0 Å². The van der Waals surface area contributed by atoms with Crippen LogP contribution in [0.5, 0.6) is 5.75 Å². The van der Waals surface area contributed by atoms with Gasteiger partial charge in [-0.3, -0.25) is 9.36 Å². The number of hydrazone groups is 1. The Hall–Kier alpha value is -3.40. The Balaban J connectivity index is 1.53. The van der Waals surface area contributed by atoms with E-state index in [4.69, 9.17) is 27.9 Å². The minimum absolute atomic E-state index is 0.00186. The summed E-state index contributed by atoms with van der Waals surface area (Å²) in [6, 6.07) is 19.0. The van der Waals surface area contributed by atoms with Crippen LogP contribution in [0.15, 0.2) is 77.0 Å². The topological polar surface area (TPSA) is 81.4 Å². The van der Waals surface area contributed by atoms with Crippen molar-refractivity contribution in [3.05, 3.63) is 88.2 Å². The molecular weight excluding hydrogens is 524 g/mol. The molecule has 7 nitrogen and oxygen atoms in total. The third kappa shape index (κ3) is 6.23. The zero-order valence-electron chi connectivity index (χ0n) is 19.0. The molecule has 0 aliphatic rings.